The van der Waals surface area contributed by atoms with Gasteiger partial charge in [-0.3, -0.25) is 10.1 Å². The minimum atomic E-state index is -1.61. The molecule has 0 spiro atoms. The first-order valence-electron chi connectivity index (χ1n) is 5.60. The Morgan fingerprint density at radius 1 is 1.47 bits per heavy atom. The average Bonchev–Trinajstić information content (AvgIpc) is 2.79. The molecule has 2 N–H and O–H groups in total. The van der Waals surface area contributed by atoms with E-state index in [9.17, 15) is 4.79 Å². The molecule has 1 amide bonds. The first-order valence-corrected chi connectivity index (χ1v) is 7.61. The van der Waals surface area contributed by atoms with Crippen LogP contribution in [0.4, 0.5) is 0 Å². The second kappa shape index (κ2) is 7.67. The van der Waals surface area contributed by atoms with E-state index >= 15 is 0 Å². The van der Waals surface area contributed by atoms with Gasteiger partial charge in [0.05, 0.1) is 4.88 Å². The van der Waals surface area contributed by atoms with Crippen LogP contribution in [0.2, 0.25) is 0 Å². The predicted molar refractivity (Wildman–Crippen MR) is 82.4 cm³/mol. The van der Waals surface area contributed by atoms with Gasteiger partial charge in [0.1, 0.15) is 6.17 Å². The summed E-state index contributed by atoms with van der Waals surface area (Å²) in [4.78, 5) is 14.5. The Morgan fingerprint density at radius 2 is 2.16 bits per heavy atom. The van der Waals surface area contributed by atoms with E-state index < -0.39 is 9.96 Å². The summed E-state index contributed by atoms with van der Waals surface area (Å²) in [6.45, 7) is 1.36. The molecule has 4 nitrogen and oxygen atoms in total. The van der Waals surface area contributed by atoms with Crippen LogP contribution in [0.15, 0.2) is 17.5 Å². The van der Waals surface area contributed by atoms with E-state index in [1.54, 1.807) is 12.1 Å². The maximum atomic E-state index is 11.9. The van der Waals surface area contributed by atoms with Crippen LogP contribution < -0.4 is 10.6 Å². The zero-order valence-electron chi connectivity index (χ0n) is 10.6. The molecule has 8 heteroatoms. The first kappa shape index (κ1) is 17.0. The molecule has 1 atom stereocenters. The highest BCUT2D eigenvalue weighted by molar-refractivity contribution is 7.12. The number of alkyl halides is 3. The lowest BCUT2D eigenvalue weighted by Gasteiger charge is -2.27. The molecule has 1 rings (SSSR count). The van der Waals surface area contributed by atoms with Crippen LogP contribution in [0, 0.1) is 0 Å². The van der Waals surface area contributed by atoms with E-state index in [1.165, 1.54) is 11.3 Å². The maximum absolute atomic E-state index is 11.9. The summed E-state index contributed by atoms with van der Waals surface area (Å²) in [6.07, 6.45) is -0.743. The molecular formula is C11H16Cl3N3OS. The normalized spacial score (nSPS) is 13.6. The van der Waals surface area contributed by atoms with Gasteiger partial charge in [-0.25, -0.2) is 0 Å². The van der Waals surface area contributed by atoms with Crippen molar-refractivity contribution >= 4 is 52.0 Å². The highest BCUT2D eigenvalue weighted by atomic mass is 35.6. The van der Waals surface area contributed by atoms with Gasteiger partial charge < -0.3 is 10.2 Å². The van der Waals surface area contributed by atoms with Gasteiger partial charge in [-0.1, -0.05) is 40.9 Å². The Kier molecular flexibility index (Phi) is 6.86. The summed E-state index contributed by atoms with van der Waals surface area (Å²) >= 11 is 18.9. The van der Waals surface area contributed by atoms with Gasteiger partial charge >= 0.3 is 0 Å². The van der Waals surface area contributed by atoms with Crippen LogP contribution in [0.1, 0.15) is 9.67 Å². The standard InChI is InChI=1S/C11H16Cl3N3OS/c1-17(2)6-5-15-10(11(12,13)14)16-9(18)8-4-3-7-19-8/h3-4,7,10,15H,5-6H2,1-2H3,(H,16,18)/t10-/m1/s1. The molecule has 108 valence electrons. The van der Waals surface area contributed by atoms with E-state index in [0.29, 0.717) is 11.4 Å². The number of carbonyl (C=O) groups excluding carboxylic acids is 1. The number of amides is 1. The van der Waals surface area contributed by atoms with E-state index in [0.717, 1.165) is 6.54 Å². The Balaban J connectivity index is 2.57. The number of nitrogens with one attached hydrogen (secondary N) is 2. The molecule has 19 heavy (non-hydrogen) atoms. The molecule has 0 radical (unpaired) electrons. The molecule has 0 aliphatic heterocycles. The third-order valence-corrected chi connectivity index (χ3v) is 3.78. The molecule has 0 aromatic carbocycles. The van der Waals surface area contributed by atoms with Gasteiger partial charge in [-0.2, -0.15) is 0 Å². The quantitative estimate of drug-likeness (QED) is 0.615. The van der Waals surface area contributed by atoms with Crippen molar-refractivity contribution < 1.29 is 4.79 Å². The Labute approximate surface area is 132 Å². The third-order valence-electron chi connectivity index (χ3n) is 2.26. The highest BCUT2D eigenvalue weighted by Crippen LogP contribution is 2.29. The lowest BCUT2D eigenvalue weighted by atomic mass is 10.4. The van der Waals surface area contributed by atoms with E-state index in [4.69, 9.17) is 34.8 Å². The van der Waals surface area contributed by atoms with Crippen LogP contribution in [0.3, 0.4) is 0 Å². The van der Waals surface area contributed by atoms with Crippen molar-refractivity contribution in [2.75, 3.05) is 27.2 Å². The SMILES string of the molecule is CN(C)CCN[C@H](NC(=O)c1cccs1)C(Cl)(Cl)Cl. The van der Waals surface area contributed by atoms with Gasteiger partial charge in [0.25, 0.3) is 5.91 Å². The van der Waals surface area contributed by atoms with Gasteiger partial charge in [0, 0.05) is 13.1 Å². The van der Waals surface area contributed by atoms with Crippen LogP contribution in [-0.4, -0.2) is 48.0 Å². The van der Waals surface area contributed by atoms with Gasteiger partial charge in [-0.15, -0.1) is 11.3 Å². The molecule has 1 aromatic heterocycles. The number of hydrogen-bond acceptors (Lipinski definition) is 4. The van der Waals surface area contributed by atoms with Crippen molar-refractivity contribution in [2.45, 2.75) is 9.96 Å². The molecular weight excluding hydrogens is 329 g/mol. The molecule has 0 saturated carbocycles. The zero-order chi connectivity index (χ0) is 14.5. The Morgan fingerprint density at radius 3 is 2.63 bits per heavy atom. The lowest BCUT2D eigenvalue weighted by Crippen LogP contribution is -2.54. The lowest BCUT2D eigenvalue weighted by molar-refractivity contribution is 0.0933. The van der Waals surface area contributed by atoms with Crippen LogP contribution >= 0.6 is 46.1 Å². The van der Waals surface area contributed by atoms with E-state index in [2.05, 4.69) is 10.6 Å². The molecule has 1 aromatic rings. The van der Waals surface area contributed by atoms with Crippen molar-refractivity contribution in [1.29, 1.82) is 0 Å². The summed E-state index contributed by atoms with van der Waals surface area (Å²) in [6, 6.07) is 3.51. The fourth-order valence-electron chi connectivity index (χ4n) is 1.29. The smallest absolute Gasteiger partial charge is 0.262 e. The first-order chi connectivity index (χ1) is 8.80. The topological polar surface area (TPSA) is 44.4 Å². The second-order valence-corrected chi connectivity index (χ2v) is 7.50. The third kappa shape index (κ3) is 6.29. The molecule has 0 fully saturated rings. The second-order valence-electron chi connectivity index (χ2n) is 4.18. The Bertz CT molecular complexity index is 392. The number of rotatable bonds is 6. The van der Waals surface area contributed by atoms with Crippen molar-refractivity contribution in [2.24, 2.45) is 0 Å². The molecule has 0 aliphatic rings. The van der Waals surface area contributed by atoms with Gasteiger partial charge in [-0.05, 0) is 25.5 Å². The summed E-state index contributed by atoms with van der Waals surface area (Å²) < 4.78 is -1.61. The van der Waals surface area contributed by atoms with Crippen LogP contribution in [0.25, 0.3) is 0 Å². The number of hydrogen-bond donors (Lipinski definition) is 2. The maximum Gasteiger partial charge on any atom is 0.262 e. The van der Waals surface area contributed by atoms with E-state index in [1.807, 2.05) is 24.4 Å². The van der Waals surface area contributed by atoms with E-state index in [-0.39, 0.29) is 5.91 Å². The molecule has 1 heterocycles. The van der Waals surface area contributed by atoms with Gasteiger partial charge in [0.15, 0.2) is 0 Å². The molecule has 0 saturated heterocycles. The predicted octanol–water partition coefficient (Wildman–Crippen LogP) is 2.33. The van der Waals surface area contributed by atoms with Crippen molar-refractivity contribution in [3.8, 4) is 0 Å². The zero-order valence-corrected chi connectivity index (χ0v) is 13.7. The van der Waals surface area contributed by atoms with Crippen molar-refractivity contribution in [3.05, 3.63) is 22.4 Å². The number of likely N-dealkylation sites (N-methyl/N-ethyl adjacent to an activating group) is 1. The molecule has 0 aliphatic carbocycles. The summed E-state index contributed by atoms with van der Waals surface area (Å²) in [7, 11) is 3.88. The highest BCUT2D eigenvalue weighted by Gasteiger charge is 2.33. The average molecular weight is 345 g/mol. The van der Waals surface area contributed by atoms with Crippen molar-refractivity contribution in [1.82, 2.24) is 15.5 Å². The molecule has 0 bridgehead atoms. The van der Waals surface area contributed by atoms with Crippen LogP contribution in [0.5, 0.6) is 0 Å². The molecule has 0 unspecified atom stereocenters. The number of thiophene rings is 1. The minimum Gasteiger partial charge on any atom is -0.332 e. The fraction of sp³-hybridized carbons (Fsp3) is 0.545. The summed E-state index contributed by atoms with van der Waals surface area (Å²) in [5.74, 6) is -0.260. The number of halogens is 3. The minimum absolute atomic E-state index is 0.260. The Hall–Kier alpha value is -0.0400. The monoisotopic (exact) mass is 343 g/mol. The summed E-state index contributed by atoms with van der Waals surface area (Å²) in [5, 5.41) is 7.52. The fourth-order valence-corrected chi connectivity index (χ4v) is 2.31. The van der Waals surface area contributed by atoms with Gasteiger partial charge in [0.2, 0.25) is 3.79 Å². The number of nitrogens with zero attached hydrogens (tertiary/aromatic N) is 1. The number of carbonyl (C=O) groups is 1. The largest absolute Gasteiger partial charge is 0.332 e. The van der Waals surface area contributed by atoms with Crippen molar-refractivity contribution in [3.63, 3.8) is 0 Å². The summed E-state index contributed by atoms with van der Waals surface area (Å²) in [5.41, 5.74) is 0. The van der Waals surface area contributed by atoms with Crippen LogP contribution in [-0.2, 0) is 0 Å².